The molecular formula is C12H16N2O5S. The summed E-state index contributed by atoms with van der Waals surface area (Å²) >= 11 is 0. The van der Waals surface area contributed by atoms with E-state index in [1.807, 2.05) is 4.90 Å². The summed E-state index contributed by atoms with van der Waals surface area (Å²) in [7, 11) is -1.51. The first kappa shape index (κ1) is 14.7. The molecule has 0 bridgehead atoms. The van der Waals surface area contributed by atoms with Crippen LogP contribution in [0.1, 0.15) is 5.56 Å². The molecule has 1 aromatic rings. The van der Waals surface area contributed by atoms with Crippen molar-refractivity contribution in [3.63, 3.8) is 0 Å². The number of hydrogen-bond donors (Lipinski definition) is 0. The molecule has 1 aromatic carbocycles. The van der Waals surface area contributed by atoms with Gasteiger partial charge in [-0.25, -0.2) is 8.42 Å². The van der Waals surface area contributed by atoms with Crippen molar-refractivity contribution >= 4 is 15.5 Å². The van der Waals surface area contributed by atoms with Crippen molar-refractivity contribution in [3.8, 4) is 5.75 Å². The summed E-state index contributed by atoms with van der Waals surface area (Å²) in [5, 5.41) is 10.8. The zero-order valence-corrected chi connectivity index (χ0v) is 11.9. The normalized spacial score (nSPS) is 18.6. The van der Waals surface area contributed by atoms with Gasteiger partial charge in [0.2, 0.25) is 0 Å². The number of nitro benzene ring substituents is 1. The molecule has 0 amide bonds. The van der Waals surface area contributed by atoms with Crippen molar-refractivity contribution in [1.29, 1.82) is 0 Å². The lowest BCUT2D eigenvalue weighted by Crippen LogP contribution is -2.39. The number of rotatable bonds is 4. The fraction of sp³-hybridized carbons (Fsp3) is 0.500. The molecule has 0 saturated carbocycles. The minimum absolute atomic E-state index is 0.0718. The molecule has 1 aliphatic heterocycles. The molecule has 20 heavy (non-hydrogen) atoms. The maximum absolute atomic E-state index is 11.3. The quantitative estimate of drug-likeness (QED) is 0.604. The smallest absolute Gasteiger partial charge is 0.310 e. The number of nitro groups is 1. The summed E-state index contributed by atoms with van der Waals surface area (Å²) < 4.78 is 27.7. The van der Waals surface area contributed by atoms with E-state index in [4.69, 9.17) is 4.74 Å². The first-order chi connectivity index (χ1) is 9.41. The van der Waals surface area contributed by atoms with Crippen molar-refractivity contribution in [2.24, 2.45) is 0 Å². The van der Waals surface area contributed by atoms with Crippen molar-refractivity contribution in [2.75, 3.05) is 31.7 Å². The molecule has 0 unspecified atom stereocenters. The molecule has 1 heterocycles. The second-order valence-corrected chi connectivity index (χ2v) is 6.99. The Labute approximate surface area is 117 Å². The highest BCUT2D eigenvalue weighted by Gasteiger charge is 2.22. The molecule has 1 fully saturated rings. The van der Waals surface area contributed by atoms with E-state index in [-0.39, 0.29) is 22.9 Å². The predicted octanol–water partition coefficient (Wildman–Crippen LogP) is 0.834. The fourth-order valence-electron chi connectivity index (χ4n) is 2.14. The zero-order valence-electron chi connectivity index (χ0n) is 11.1. The van der Waals surface area contributed by atoms with E-state index in [0.717, 1.165) is 5.56 Å². The Morgan fingerprint density at radius 3 is 2.55 bits per heavy atom. The summed E-state index contributed by atoms with van der Waals surface area (Å²) in [4.78, 5) is 12.3. The van der Waals surface area contributed by atoms with Gasteiger partial charge in [-0.1, -0.05) is 6.07 Å². The first-order valence-corrected chi connectivity index (χ1v) is 7.97. The summed E-state index contributed by atoms with van der Waals surface area (Å²) in [6, 6.07) is 4.71. The fourth-order valence-corrected chi connectivity index (χ4v) is 3.41. The Kier molecular flexibility index (Phi) is 4.24. The van der Waals surface area contributed by atoms with Crippen molar-refractivity contribution in [3.05, 3.63) is 33.9 Å². The standard InChI is InChI=1S/C12H16N2O5S/c1-19-12-8-10(2-3-11(12)14(15)16)9-13-4-6-20(17,18)7-5-13/h2-3,8H,4-7,9H2,1H3. The highest BCUT2D eigenvalue weighted by atomic mass is 32.2. The topological polar surface area (TPSA) is 89.8 Å². The first-order valence-electron chi connectivity index (χ1n) is 6.15. The van der Waals surface area contributed by atoms with Crippen LogP contribution in [0.5, 0.6) is 5.75 Å². The maximum atomic E-state index is 11.3. The lowest BCUT2D eigenvalue weighted by atomic mass is 10.1. The van der Waals surface area contributed by atoms with Crippen LogP contribution in [0.15, 0.2) is 18.2 Å². The maximum Gasteiger partial charge on any atom is 0.310 e. The summed E-state index contributed by atoms with van der Waals surface area (Å²) in [6.45, 7) is 1.53. The molecule has 110 valence electrons. The lowest BCUT2D eigenvalue weighted by Gasteiger charge is -2.26. The van der Waals surface area contributed by atoms with Crippen LogP contribution in [0, 0.1) is 10.1 Å². The number of nitrogens with zero attached hydrogens (tertiary/aromatic N) is 2. The summed E-state index contributed by atoms with van der Waals surface area (Å²) in [5.41, 5.74) is 0.796. The van der Waals surface area contributed by atoms with Crippen LogP contribution in [-0.4, -0.2) is 49.9 Å². The molecule has 0 radical (unpaired) electrons. The van der Waals surface area contributed by atoms with Crippen LogP contribution in [0.3, 0.4) is 0 Å². The van der Waals surface area contributed by atoms with Crippen molar-refractivity contribution in [1.82, 2.24) is 4.90 Å². The van der Waals surface area contributed by atoms with Crippen LogP contribution >= 0.6 is 0 Å². The van der Waals surface area contributed by atoms with Gasteiger partial charge in [-0.2, -0.15) is 0 Å². The molecule has 0 atom stereocenters. The van der Waals surface area contributed by atoms with E-state index in [9.17, 15) is 18.5 Å². The molecule has 8 heteroatoms. The Hall–Kier alpha value is -1.67. The monoisotopic (exact) mass is 300 g/mol. The van der Waals surface area contributed by atoms with Gasteiger partial charge in [-0.15, -0.1) is 0 Å². The Balaban J connectivity index is 2.09. The van der Waals surface area contributed by atoms with Crippen LogP contribution in [0.2, 0.25) is 0 Å². The summed E-state index contributed by atoms with van der Waals surface area (Å²) in [5.74, 6) is 0.547. The molecular weight excluding hydrogens is 284 g/mol. The number of benzene rings is 1. The molecule has 0 spiro atoms. The van der Waals surface area contributed by atoms with Crippen LogP contribution in [0.25, 0.3) is 0 Å². The summed E-state index contributed by atoms with van der Waals surface area (Å²) in [6.07, 6.45) is 0. The van der Waals surface area contributed by atoms with Crippen molar-refractivity contribution in [2.45, 2.75) is 6.54 Å². The molecule has 7 nitrogen and oxygen atoms in total. The minimum Gasteiger partial charge on any atom is -0.490 e. The average Bonchev–Trinajstić information content (AvgIpc) is 2.40. The minimum atomic E-state index is -2.89. The van der Waals surface area contributed by atoms with Crippen molar-refractivity contribution < 1.29 is 18.1 Å². The molecule has 1 saturated heterocycles. The Morgan fingerprint density at radius 2 is 2.00 bits per heavy atom. The molecule has 2 rings (SSSR count). The van der Waals surface area contributed by atoms with Gasteiger partial charge in [0.1, 0.15) is 0 Å². The molecule has 0 N–H and O–H groups in total. The zero-order chi connectivity index (χ0) is 14.8. The van der Waals surface area contributed by atoms with Gasteiger partial charge in [0.25, 0.3) is 0 Å². The van der Waals surface area contributed by atoms with E-state index in [1.54, 1.807) is 12.1 Å². The van der Waals surface area contributed by atoms with E-state index >= 15 is 0 Å². The van der Waals surface area contributed by atoms with Gasteiger partial charge in [0.15, 0.2) is 15.6 Å². The van der Waals surface area contributed by atoms with Gasteiger partial charge in [0, 0.05) is 25.7 Å². The number of ether oxygens (including phenoxy) is 1. The Bertz CT molecular complexity index is 600. The van der Waals surface area contributed by atoms with Crippen LogP contribution < -0.4 is 4.74 Å². The third-order valence-corrected chi connectivity index (χ3v) is 4.89. The number of hydrogen-bond acceptors (Lipinski definition) is 6. The molecule has 0 aromatic heterocycles. The molecule has 0 aliphatic carbocycles. The highest BCUT2D eigenvalue weighted by molar-refractivity contribution is 7.91. The van der Waals surface area contributed by atoms with Gasteiger partial charge >= 0.3 is 5.69 Å². The van der Waals surface area contributed by atoms with Gasteiger partial charge in [0.05, 0.1) is 23.5 Å². The third-order valence-electron chi connectivity index (χ3n) is 3.28. The lowest BCUT2D eigenvalue weighted by molar-refractivity contribution is -0.385. The van der Waals surface area contributed by atoms with E-state index in [2.05, 4.69) is 0 Å². The Morgan fingerprint density at radius 1 is 1.35 bits per heavy atom. The average molecular weight is 300 g/mol. The number of sulfone groups is 1. The van der Waals surface area contributed by atoms with Gasteiger partial charge in [-0.05, 0) is 11.6 Å². The second-order valence-electron chi connectivity index (χ2n) is 4.69. The van der Waals surface area contributed by atoms with Gasteiger partial charge in [-0.3, -0.25) is 15.0 Å². The van der Waals surface area contributed by atoms with E-state index < -0.39 is 14.8 Å². The third kappa shape index (κ3) is 3.45. The van der Waals surface area contributed by atoms with Gasteiger partial charge < -0.3 is 4.74 Å². The van der Waals surface area contributed by atoms with Crippen LogP contribution in [-0.2, 0) is 16.4 Å². The molecule has 1 aliphatic rings. The largest absolute Gasteiger partial charge is 0.490 e. The van der Waals surface area contributed by atoms with E-state index in [1.165, 1.54) is 13.2 Å². The SMILES string of the molecule is COc1cc(CN2CCS(=O)(=O)CC2)ccc1[N+](=O)[O-]. The second kappa shape index (κ2) is 5.76. The highest BCUT2D eigenvalue weighted by Crippen LogP contribution is 2.28. The van der Waals surface area contributed by atoms with Crippen LogP contribution in [0.4, 0.5) is 5.69 Å². The van der Waals surface area contributed by atoms with E-state index in [0.29, 0.717) is 19.6 Å². The predicted molar refractivity (Wildman–Crippen MR) is 73.6 cm³/mol. The number of methoxy groups -OCH3 is 1.